The molecule has 2 saturated heterocycles. The molecule has 0 spiro atoms. The maximum atomic E-state index is 12.8. The number of carbonyl (C=O) groups is 2. The minimum Gasteiger partial charge on any atom is -0.340 e. The van der Waals surface area contributed by atoms with E-state index in [0.717, 1.165) is 44.2 Å². The summed E-state index contributed by atoms with van der Waals surface area (Å²) in [6, 6.07) is 17.8. The smallest absolute Gasteiger partial charge is 0.325 e. The second kappa shape index (κ2) is 8.86. The summed E-state index contributed by atoms with van der Waals surface area (Å²) < 4.78 is 0. The number of imide groups is 1. The van der Waals surface area contributed by atoms with Crippen molar-refractivity contribution in [2.75, 3.05) is 33.2 Å². The number of fused-ring (bicyclic) bond motifs is 1. The average Bonchev–Trinajstić information content (AvgIpc) is 3.19. The molecule has 0 aliphatic carbocycles. The lowest BCUT2D eigenvalue weighted by molar-refractivity contribution is -0.127. The SMILES string of the molecule is Cc1cccc(CN2CCN(C3=NC4C(C(=O)NC(=O)N4C)N3Cc3ccccc3)CC2)c1. The number of piperazine rings is 1. The highest BCUT2D eigenvalue weighted by molar-refractivity contribution is 6.03. The van der Waals surface area contributed by atoms with Gasteiger partial charge in [0.1, 0.15) is 0 Å². The number of guanidine groups is 1. The number of urea groups is 1. The number of amides is 3. The average molecular weight is 447 g/mol. The predicted octanol–water partition coefficient (Wildman–Crippen LogP) is 1.86. The van der Waals surface area contributed by atoms with E-state index < -0.39 is 18.2 Å². The van der Waals surface area contributed by atoms with Gasteiger partial charge in [0.2, 0.25) is 0 Å². The zero-order valence-corrected chi connectivity index (χ0v) is 19.1. The number of hydrogen-bond acceptors (Lipinski definition) is 6. The van der Waals surface area contributed by atoms with Crippen LogP contribution in [-0.4, -0.2) is 82.9 Å². The zero-order chi connectivity index (χ0) is 22.9. The van der Waals surface area contributed by atoms with Crippen molar-refractivity contribution < 1.29 is 9.59 Å². The predicted molar refractivity (Wildman–Crippen MR) is 126 cm³/mol. The van der Waals surface area contributed by atoms with E-state index in [1.54, 1.807) is 7.05 Å². The Morgan fingerprint density at radius 3 is 2.39 bits per heavy atom. The van der Waals surface area contributed by atoms with E-state index in [1.807, 2.05) is 18.2 Å². The molecule has 8 nitrogen and oxygen atoms in total. The lowest BCUT2D eigenvalue weighted by Gasteiger charge is -2.40. The van der Waals surface area contributed by atoms with Crippen molar-refractivity contribution >= 4 is 17.9 Å². The second-order valence-corrected chi connectivity index (χ2v) is 9.06. The first-order valence-corrected chi connectivity index (χ1v) is 11.5. The van der Waals surface area contributed by atoms with Crippen LogP contribution in [0.4, 0.5) is 4.79 Å². The molecular weight excluding hydrogens is 416 g/mol. The number of carbonyl (C=O) groups excluding carboxylic acids is 2. The summed E-state index contributed by atoms with van der Waals surface area (Å²) in [4.78, 5) is 38.3. The summed E-state index contributed by atoms with van der Waals surface area (Å²) in [5.74, 6) is 0.525. The number of hydrogen-bond donors (Lipinski definition) is 1. The van der Waals surface area contributed by atoms with Crippen LogP contribution >= 0.6 is 0 Å². The molecule has 2 aromatic carbocycles. The van der Waals surface area contributed by atoms with Gasteiger partial charge in [-0.05, 0) is 18.1 Å². The number of nitrogens with zero attached hydrogens (tertiary/aromatic N) is 5. The topological polar surface area (TPSA) is 71.5 Å². The van der Waals surface area contributed by atoms with Crippen molar-refractivity contribution in [2.45, 2.75) is 32.2 Å². The maximum absolute atomic E-state index is 12.8. The van der Waals surface area contributed by atoms with Crippen LogP contribution in [0, 0.1) is 6.92 Å². The van der Waals surface area contributed by atoms with E-state index in [-0.39, 0.29) is 5.91 Å². The van der Waals surface area contributed by atoms with Gasteiger partial charge in [0, 0.05) is 46.3 Å². The number of aryl methyl sites for hydroxylation is 1. The van der Waals surface area contributed by atoms with Gasteiger partial charge in [0.05, 0.1) is 0 Å². The van der Waals surface area contributed by atoms with Gasteiger partial charge in [0.25, 0.3) is 5.91 Å². The van der Waals surface area contributed by atoms with Crippen LogP contribution in [0.15, 0.2) is 59.6 Å². The maximum Gasteiger partial charge on any atom is 0.325 e. The molecule has 0 radical (unpaired) electrons. The van der Waals surface area contributed by atoms with Gasteiger partial charge < -0.3 is 14.7 Å². The van der Waals surface area contributed by atoms with Gasteiger partial charge in [-0.15, -0.1) is 0 Å². The third-order valence-electron chi connectivity index (χ3n) is 6.68. The Kier molecular flexibility index (Phi) is 5.76. The molecule has 5 rings (SSSR count). The van der Waals surface area contributed by atoms with Gasteiger partial charge >= 0.3 is 6.03 Å². The van der Waals surface area contributed by atoms with Crippen molar-refractivity contribution in [3.8, 4) is 0 Å². The van der Waals surface area contributed by atoms with Gasteiger partial charge in [0.15, 0.2) is 18.2 Å². The third-order valence-corrected chi connectivity index (χ3v) is 6.68. The zero-order valence-electron chi connectivity index (χ0n) is 19.1. The van der Waals surface area contributed by atoms with E-state index in [1.165, 1.54) is 16.0 Å². The molecule has 2 fully saturated rings. The normalized spacial score (nSPS) is 23.5. The molecule has 1 N–H and O–H groups in total. The van der Waals surface area contributed by atoms with Crippen molar-refractivity contribution in [2.24, 2.45) is 4.99 Å². The van der Waals surface area contributed by atoms with E-state index in [9.17, 15) is 9.59 Å². The van der Waals surface area contributed by atoms with Crippen molar-refractivity contribution in [1.82, 2.24) is 24.9 Å². The summed E-state index contributed by atoms with van der Waals surface area (Å²) in [5, 5.41) is 2.48. The van der Waals surface area contributed by atoms with Crippen LogP contribution in [0.3, 0.4) is 0 Å². The van der Waals surface area contributed by atoms with Crippen molar-refractivity contribution in [3.63, 3.8) is 0 Å². The molecule has 33 heavy (non-hydrogen) atoms. The number of benzene rings is 2. The molecule has 0 aromatic heterocycles. The van der Waals surface area contributed by atoms with E-state index in [0.29, 0.717) is 6.54 Å². The van der Waals surface area contributed by atoms with Gasteiger partial charge in [-0.3, -0.25) is 15.0 Å². The molecular formula is C25H30N6O2. The van der Waals surface area contributed by atoms with Crippen LogP contribution in [0.1, 0.15) is 16.7 Å². The molecule has 8 heteroatoms. The Balaban J connectivity index is 1.34. The highest BCUT2D eigenvalue weighted by Gasteiger charge is 2.49. The van der Waals surface area contributed by atoms with E-state index >= 15 is 0 Å². The Bertz CT molecular complexity index is 1060. The fourth-order valence-corrected chi connectivity index (χ4v) is 4.90. The Morgan fingerprint density at radius 2 is 1.67 bits per heavy atom. The first-order chi connectivity index (χ1) is 16.0. The van der Waals surface area contributed by atoms with Gasteiger partial charge in [-0.1, -0.05) is 60.2 Å². The van der Waals surface area contributed by atoms with Crippen LogP contribution in [-0.2, 0) is 17.9 Å². The summed E-state index contributed by atoms with van der Waals surface area (Å²) in [6.07, 6.45) is -0.504. The molecule has 0 bridgehead atoms. The van der Waals surface area contributed by atoms with Crippen LogP contribution in [0.25, 0.3) is 0 Å². The summed E-state index contributed by atoms with van der Waals surface area (Å²) in [7, 11) is 1.70. The first-order valence-electron chi connectivity index (χ1n) is 11.5. The van der Waals surface area contributed by atoms with Crippen molar-refractivity contribution in [1.29, 1.82) is 0 Å². The minimum absolute atomic E-state index is 0.282. The standard InChI is InChI=1S/C25H30N6O2/c1-18-7-6-10-20(15-18)16-29-11-13-30(14-12-29)24-26-22-21(23(32)27-25(33)28(22)2)31(24)17-19-8-4-3-5-9-19/h3-10,15,21-22H,11-14,16-17H2,1-2H3,(H,27,32,33). The minimum atomic E-state index is -0.520. The fraction of sp³-hybridized carbons (Fsp3) is 0.400. The highest BCUT2D eigenvalue weighted by Crippen LogP contribution is 2.28. The Hall–Kier alpha value is -3.39. The molecule has 3 aliphatic rings. The largest absolute Gasteiger partial charge is 0.340 e. The number of aliphatic imine (C=N–C) groups is 1. The second-order valence-electron chi connectivity index (χ2n) is 9.06. The molecule has 3 aliphatic heterocycles. The first kappa shape index (κ1) is 21.5. The van der Waals surface area contributed by atoms with Crippen LogP contribution < -0.4 is 5.32 Å². The lowest BCUT2D eigenvalue weighted by Crippen LogP contribution is -2.64. The fourth-order valence-electron chi connectivity index (χ4n) is 4.90. The monoisotopic (exact) mass is 446 g/mol. The van der Waals surface area contributed by atoms with Gasteiger partial charge in [-0.2, -0.15) is 0 Å². The Morgan fingerprint density at radius 1 is 0.939 bits per heavy atom. The Labute approximate surface area is 194 Å². The number of nitrogens with one attached hydrogen (secondary N) is 1. The van der Waals surface area contributed by atoms with Crippen LogP contribution in [0.2, 0.25) is 0 Å². The molecule has 0 saturated carbocycles. The molecule has 2 atom stereocenters. The van der Waals surface area contributed by atoms with Crippen molar-refractivity contribution in [3.05, 3.63) is 71.3 Å². The summed E-state index contributed by atoms with van der Waals surface area (Å²) in [5.41, 5.74) is 3.72. The summed E-state index contributed by atoms with van der Waals surface area (Å²) >= 11 is 0. The quantitative estimate of drug-likeness (QED) is 0.776. The molecule has 2 unspecified atom stereocenters. The summed E-state index contributed by atoms with van der Waals surface area (Å²) in [6.45, 7) is 7.12. The molecule has 172 valence electrons. The lowest BCUT2D eigenvalue weighted by atomic mass is 10.1. The van der Waals surface area contributed by atoms with E-state index in [2.05, 4.69) is 63.3 Å². The van der Waals surface area contributed by atoms with Gasteiger partial charge in [-0.25, -0.2) is 9.79 Å². The van der Waals surface area contributed by atoms with E-state index in [4.69, 9.17) is 4.99 Å². The van der Waals surface area contributed by atoms with Crippen LogP contribution in [0.5, 0.6) is 0 Å². The molecule has 3 heterocycles. The highest BCUT2D eigenvalue weighted by atomic mass is 16.2. The number of likely N-dealkylation sites (N-methyl/N-ethyl adjacent to an activating group) is 1. The number of rotatable bonds is 4. The third kappa shape index (κ3) is 4.30. The molecule has 2 aromatic rings. The molecule has 3 amide bonds.